The third-order valence-electron chi connectivity index (χ3n) is 5.34. The van der Waals surface area contributed by atoms with Crippen molar-refractivity contribution in [1.29, 1.82) is 0 Å². The maximum absolute atomic E-state index is 12.8. The second-order valence-corrected chi connectivity index (χ2v) is 24.8. The third-order valence-corrected chi connectivity index (χ3v) is 10.5. The van der Waals surface area contributed by atoms with Gasteiger partial charge in [-0.1, -0.05) is 0 Å². The summed E-state index contributed by atoms with van der Waals surface area (Å²) in [5.41, 5.74) is 1.41. The molecule has 1 atom stereocenters. The molecule has 0 N–H and O–H groups in total. The van der Waals surface area contributed by atoms with Crippen LogP contribution in [0.4, 0.5) is 10.6 Å². The van der Waals surface area contributed by atoms with E-state index in [2.05, 4.69) is 44.0 Å². The summed E-state index contributed by atoms with van der Waals surface area (Å²) in [6.45, 7) is 11.5. The SMILES string of the molecule is CC(C)N(C(=O)OC(C)(C)C)C1CCN(c2ccc3n[c]([Sn]([CH3])([CH3])[CH3])ccc3n2)C1. The molecule has 2 aromatic rings. The van der Waals surface area contributed by atoms with Crippen molar-refractivity contribution in [2.24, 2.45) is 0 Å². The Balaban J connectivity index is 1.78. The molecule has 1 aliphatic heterocycles. The molecule has 0 aromatic carbocycles. The van der Waals surface area contributed by atoms with Gasteiger partial charge in [0.1, 0.15) is 5.60 Å². The van der Waals surface area contributed by atoms with E-state index in [1.807, 2.05) is 39.5 Å². The number of rotatable bonds is 4. The molecule has 1 saturated heterocycles. The van der Waals surface area contributed by atoms with Crippen LogP contribution in [0.1, 0.15) is 41.0 Å². The molecule has 0 aliphatic carbocycles. The zero-order chi connectivity index (χ0) is 22.3. The molecule has 1 amide bonds. The van der Waals surface area contributed by atoms with Crippen molar-refractivity contribution in [3.05, 3.63) is 24.3 Å². The second-order valence-electron chi connectivity index (χ2n) is 10.5. The number of ether oxygens (including phenoxy) is 1. The van der Waals surface area contributed by atoms with Crippen molar-refractivity contribution >= 4 is 45.0 Å². The van der Waals surface area contributed by atoms with E-state index in [1.54, 1.807) is 0 Å². The van der Waals surface area contributed by atoms with Crippen LogP contribution in [0.25, 0.3) is 11.0 Å². The molecule has 0 spiro atoms. The summed E-state index contributed by atoms with van der Waals surface area (Å²) >= 11 is -2.20. The predicted octanol–water partition coefficient (Wildman–Crippen LogP) is 4.40. The van der Waals surface area contributed by atoms with Gasteiger partial charge in [0.15, 0.2) is 0 Å². The van der Waals surface area contributed by atoms with E-state index in [4.69, 9.17) is 14.7 Å². The van der Waals surface area contributed by atoms with Crippen molar-refractivity contribution in [3.8, 4) is 0 Å². The first-order valence-corrected chi connectivity index (χ1v) is 20.9. The number of carbonyl (C=O) groups is 1. The first-order chi connectivity index (χ1) is 13.8. The Hall–Kier alpha value is -1.57. The van der Waals surface area contributed by atoms with E-state index >= 15 is 0 Å². The molecule has 0 radical (unpaired) electrons. The summed E-state index contributed by atoms with van der Waals surface area (Å²) in [5.74, 6) is 0.951. The number of carbonyl (C=O) groups excluding carboxylic acids is 1. The maximum atomic E-state index is 12.8. The van der Waals surface area contributed by atoms with Crippen LogP contribution in [-0.4, -0.2) is 70.1 Å². The minimum absolute atomic E-state index is 0.0840. The first-order valence-electron chi connectivity index (χ1n) is 10.9. The molecule has 0 bridgehead atoms. The van der Waals surface area contributed by atoms with Crippen LogP contribution in [0.15, 0.2) is 24.3 Å². The van der Waals surface area contributed by atoms with Gasteiger partial charge in [0.25, 0.3) is 0 Å². The fraction of sp³-hybridized carbons (Fsp3) is 0.609. The van der Waals surface area contributed by atoms with E-state index in [1.165, 1.54) is 3.71 Å². The number of fused-ring (bicyclic) bond motifs is 1. The Morgan fingerprint density at radius 2 is 1.77 bits per heavy atom. The van der Waals surface area contributed by atoms with Gasteiger partial charge in [0.05, 0.1) is 0 Å². The summed E-state index contributed by atoms with van der Waals surface area (Å²) in [6.07, 6.45) is 0.674. The summed E-state index contributed by atoms with van der Waals surface area (Å²) < 4.78 is 6.94. The van der Waals surface area contributed by atoms with E-state index in [-0.39, 0.29) is 18.2 Å². The summed E-state index contributed by atoms with van der Waals surface area (Å²) in [5, 5.41) is 0. The Bertz CT molecular complexity index is 918. The quantitative estimate of drug-likeness (QED) is 0.561. The van der Waals surface area contributed by atoms with E-state index in [0.717, 1.165) is 36.4 Å². The van der Waals surface area contributed by atoms with Gasteiger partial charge in [0.2, 0.25) is 0 Å². The van der Waals surface area contributed by atoms with Gasteiger partial charge in [0, 0.05) is 0 Å². The Labute approximate surface area is 184 Å². The topological polar surface area (TPSA) is 58.6 Å². The van der Waals surface area contributed by atoms with Crippen molar-refractivity contribution < 1.29 is 9.53 Å². The normalized spacial score (nSPS) is 17.6. The number of aromatic nitrogens is 2. The molecule has 164 valence electrons. The van der Waals surface area contributed by atoms with Crippen LogP contribution < -0.4 is 8.61 Å². The number of pyridine rings is 2. The van der Waals surface area contributed by atoms with Crippen LogP contribution in [0.5, 0.6) is 0 Å². The fourth-order valence-electron chi connectivity index (χ4n) is 3.87. The molecular weight excluding hydrogens is 483 g/mol. The molecule has 30 heavy (non-hydrogen) atoms. The van der Waals surface area contributed by atoms with Crippen LogP contribution in [0.3, 0.4) is 0 Å². The Morgan fingerprint density at radius 3 is 2.37 bits per heavy atom. The van der Waals surface area contributed by atoms with Crippen LogP contribution in [0, 0.1) is 0 Å². The minimum atomic E-state index is -2.20. The second kappa shape index (κ2) is 8.52. The average molecular weight is 519 g/mol. The van der Waals surface area contributed by atoms with Gasteiger partial charge in [-0.15, -0.1) is 0 Å². The van der Waals surface area contributed by atoms with Gasteiger partial charge in [-0.05, 0) is 20.8 Å². The molecule has 7 heteroatoms. The van der Waals surface area contributed by atoms with Crippen molar-refractivity contribution in [1.82, 2.24) is 14.9 Å². The molecule has 0 saturated carbocycles. The van der Waals surface area contributed by atoms with Crippen LogP contribution in [-0.2, 0) is 4.74 Å². The van der Waals surface area contributed by atoms with Crippen LogP contribution in [0.2, 0.25) is 14.8 Å². The molecule has 6 nitrogen and oxygen atoms in total. The molecule has 3 rings (SSSR count). The van der Waals surface area contributed by atoms with Gasteiger partial charge >= 0.3 is 159 Å². The van der Waals surface area contributed by atoms with E-state index < -0.39 is 24.0 Å². The first kappa shape index (κ1) is 23.1. The van der Waals surface area contributed by atoms with Crippen LogP contribution >= 0.6 is 0 Å². The van der Waals surface area contributed by atoms with E-state index in [0.29, 0.717) is 0 Å². The number of nitrogens with zero attached hydrogens (tertiary/aromatic N) is 4. The van der Waals surface area contributed by atoms with Gasteiger partial charge in [-0.2, -0.15) is 0 Å². The Kier molecular flexibility index (Phi) is 6.56. The fourth-order valence-corrected chi connectivity index (χ4v) is 6.83. The van der Waals surface area contributed by atoms with Crippen molar-refractivity contribution in [2.75, 3.05) is 18.0 Å². The molecule has 1 aliphatic rings. The average Bonchev–Trinajstić information content (AvgIpc) is 3.07. The standard InChI is InChI=1S/C20H27N4O2.3CH3.Sn/c1-14(2)24(19(25)26-20(3,4)5)15-10-12-23(13-15)18-9-8-16-17(22-18)7-6-11-21-16;;;;/h6-9,14-15H,10,12-13H2,1-5H3;3*1H3;. The molecule has 2 aromatic heterocycles. The van der Waals surface area contributed by atoms with Crippen molar-refractivity contribution in [2.45, 2.75) is 73.5 Å². The molecular formula is C23H36N4O2Sn. The predicted molar refractivity (Wildman–Crippen MR) is 126 cm³/mol. The number of hydrogen-bond acceptors (Lipinski definition) is 5. The number of hydrogen-bond donors (Lipinski definition) is 0. The summed E-state index contributed by atoms with van der Waals surface area (Å²) in [6, 6.07) is 8.62. The molecule has 3 heterocycles. The zero-order valence-electron chi connectivity index (χ0n) is 19.7. The van der Waals surface area contributed by atoms with Gasteiger partial charge < -0.3 is 0 Å². The molecule has 1 fully saturated rings. The third kappa shape index (κ3) is 5.37. The van der Waals surface area contributed by atoms with Gasteiger partial charge in [-0.3, -0.25) is 0 Å². The number of amides is 1. The Morgan fingerprint density at radius 1 is 1.13 bits per heavy atom. The summed E-state index contributed by atoms with van der Waals surface area (Å²) in [4.78, 5) is 33.8. The molecule has 1 unspecified atom stereocenters. The van der Waals surface area contributed by atoms with Crippen molar-refractivity contribution in [3.63, 3.8) is 0 Å². The summed E-state index contributed by atoms with van der Waals surface area (Å²) in [7, 11) is 0. The zero-order valence-corrected chi connectivity index (χ0v) is 22.5. The van der Waals surface area contributed by atoms with Gasteiger partial charge in [-0.25, -0.2) is 0 Å². The number of anilines is 1. The van der Waals surface area contributed by atoms with E-state index in [9.17, 15) is 4.79 Å². The monoisotopic (exact) mass is 520 g/mol.